The van der Waals surface area contributed by atoms with Gasteiger partial charge in [0.1, 0.15) is 0 Å². The first kappa shape index (κ1) is 14.6. The zero-order valence-electron chi connectivity index (χ0n) is 11.7. The van der Waals surface area contributed by atoms with Crippen molar-refractivity contribution in [3.63, 3.8) is 0 Å². The second kappa shape index (κ2) is 5.82. The van der Waals surface area contributed by atoms with Crippen LogP contribution in [0.15, 0.2) is 47.6 Å². The van der Waals surface area contributed by atoms with E-state index in [9.17, 15) is 8.42 Å². The third-order valence-electron chi connectivity index (χ3n) is 3.61. The lowest BCUT2D eigenvalue weighted by molar-refractivity contribution is 0.352. The number of hydrogen-bond donors (Lipinski definition) is 0. The maximum atomic E-state index is 12.9. The van der Waals surface area contributed by atoms with Crippen LogP contribution in [0.25, 0.3) is 0 Å². The van der Waals surface area contributed by atoms with Gasteiger partial charge < -0.3 is 0 Å². The molecule has 21 heavy (non-hydrogen) atoms. The predicted molar refractivity (Wildman–Crippen MR) is 83.6 cm³/mol. The Morgan fingerprint density at radius 2 is 2.00 bits per heavy atom. The third-order valence-corrected chi connectivity index (χ3v) is 6.62. The van der Waals surface area contributed by atoms with Gasteiger partial charge in [-0.25, -0.2) is 8.42 Å². The molecule has 2 aromatic rings. The lowest BCUT2D eigenvalue weighted by Gasteiger charge is -2.34. The molecule has 7 heteroatoms. The van der Waals surface area contributed by atoms with E-state index in [1.807, 2.05) is 30.3 Å². The lowest BCUT2D eigenvalue weighted by Crippen LogP contribution is -2.41. The van der Waals surface area contributed by atoms with Gasteiger partial charge >= 0.3 is 0 Å². The molecule has 0 saturated carbocycles. The van der Waals surface area contributed by atoms with Crippen molar-refractivity contribution in [2.75, 3.05) is 18.1 Å². The number of sulfonamides is 1. The van der Waals surface area contributed by atoms with Gasteiger partial charge in [-0.2, -0.15) is 21.2 Å². The van der Waals surface area contributed by atoms with Crippen molar-refractivity contribution in [3.05, 3.63) is 48.2 Å². The van der Waals surface area contributed by atoms with Gasteiger partial charge in [-0.3, -0.25) is 4.68 Å². The van der Waals surface area contributed by atoms with Gasteiger partial charge in [0.05, 0.1) is 12.2 Å². The van der Waals surface area contributed by atoms with Crippen LogP contribution in [0.2, 0.25) is 0 Å². The molecule has 0 aliphatic carbocycles. The van der Waals surface area contributed by atoms with Crippen LogP contribution in [-0.2, 0) is 17.1 Å². The van der Waals surface area contributed by atoms with Gasteiger partial charge in [-0.15, -0.1) is 0 Å². The average molecular weight is 323 g/mol. The van der Waals surface area contributed by atoms with E-state index in [-0.39, 0.29) is 11.1 Å². The molecule has 5 nitrogen and oxygen atoms in total. The fourth-order valence-corrected chi connectivity index (χ4v) is 5.56. The van der Waals surface area contributed by atoms with E-state index in [1.54, 1.807) is 29.2 Å². The van der Waals surface area contributed by atoms with Crippen LogP contribution in [0.1, 0.15) is 11.6 Å². The van der Waals surface area contributed by atoms with Crippen LogP contribution >= 0.6 is 11.8 Å². The summed E-state index contributed by atoms with van der Waals surface area (Å²) in [4.78, 5) is 0. The Morgan fingerprint density at radius 3 is 2.67 bits per heavy atom. The first-order valence-electron chi connectivity index (χ1n) is 6.73. The van der Waals surface area contributed by atoms with Crippen molar-refractivity contribution < 1.29 is 8.42 Å². The van der Waals surface area contributed by atoms with Crippen LogP contribution < -0.4 is 0 Å². The van der Waals surface area contributed by atoms with E-state index in [1.165, 1.54) is 10.9 Å². The number of benzene rings is 1. The maximum absolute atomic E-state index is 12.9. The summed E-state index contributed by atoms with van der Waals surface area (Å²) in [6.07, 6.45) is 1.52. The minimum atomic E-state index is -3.53. The molecule has 0 radical (unpaired) electrons. The van der Waals surface area contributed by atoms with Crippen LogP contribution in [0.3, 0.4) is 0 Å². The molecule has 1 aromatic heterocycles. The minimum Gasteiger partial charge on any atom is -0.256 e. The molecular weight excluding hydrogens is 306 g/mol. The van der Waals surface area contributed by atoms with E-state index in [2.05, 4.69) is 5.10 Å². The number of nitrogens with zero attached hydrogens (tertiary/aromatic N) is 3. The smallest absolute Gasteiger partial charge is 0.256 e. The Hall–Kier alpha value is -1.31. The number of aryl methyl sites for hydroxylation is 1. The second-order valence-corrected chi connectivity index (χ2v) is 7.90. The minimum absolute atomic E-state index is 0.121. The van der Waals surface area contributed by atoms with Crippen LogP contribution in [-0.4, -0.2) is 40.6 Å². The molecule has 1 aliphatic heterocycles. The van der Waals surface area contributed by atoms with Gasteiger partial charge in [-0.05, 0) is 11.6 Å². The summed E-state index contributed by atoms with van der Waals surface area (Å²) >= 11 is 1.79. The van der Waals surface area contributed by atoms with Crippen molar-refractivity contribution in [1.29, 1.82) is 0 Å². The van der Waals surface area contributed by atoms with Gasteiger partial charge in [0, 0.05) is 25.1 Å². The summed E-state index contributed by atoms with van der Waals surface area (Å²) in [7, 11) is -1.87. The van der Waals surface area contributed by atoms with Gasteiger partial charge in [0.2, 0.25) is 0 Å². The Morgan fingerprint density at radius 1 is 1.24 bits per heavy atom. The van der Waals surface area contributed by atoms with E-state index >= 15 is 0 Å². The summed E-state index contributed by atoms with van der Waals surface area (Å²) < 4.78 is 28.8. The number of thioether (sulfide) groups is 1. The molecule has 1 saturated heterocycles. The van der Waals surface area contributed by atoms with Gasteiger partial charge in [-0.1, -0.05) is 30.3 Å². The van der Waals surface area contributed by atoms with Gasteiger partial charge in [0.25, 0.3) is 10.0 Å². The normalized spacial score (nSPS) is 20.5. The Labute approximate surface area is 129 Å². The van der Waals surface area contributed by atoms with E-state index in [4.69, 9.17) is 0 Å². The fraction of sp³-hybridized carbons (Fsp3) is 0.357. The summed E-state index contributed by atoms with van der Waals surface area (Å²) in [5.74, 6) is 1.60. The molecule has 2 heterocycles. The largest absolute Gasteiger partial charge is 0.260 e. The molecule has 1 unspecified atom stereocenters. The summed E-state index contributed by atoms with van der Waals surface area (Å²) in [5.41, 5.74) is 1.04. The first-order chi connectivity index (χ1) is 10.1. The van der Waals surface area contributed by atoms with Crippen molar-refractivity contribution in [2.24, 2.45) is 7.05 Å². The van der Waals surface area contributed by atoms with E-state index in [0.717, 1.165) is 17.1 Å². The first-order valence-corrected chi connectivity index (χ1v) is 9.33. The van der Waals surface area contributed by atoms with Crippen molar-refractivity contribution in [3.8, 4) is 0 Å². The lowest BCUT2D eigenvalue weighted by atomic mass is 10.1. The molecule has 0 N–H and O–H groups in total. The Bertz CT molecular complexity index is 713. The summed E-state index contributed by atoms with van der Waals surface area (Å²) in [5, 5.41) is 4.23. The molecule has 0 bridgehead atoms. The van der Waals surface area contributed by atoms with Crippen LogP contribution in [0.5, 0.6) is 0 Å². The highest BCUT2D eigenvalue weighted by Crippen LogP contribution is 2.33. The molecule has 0 spiro atoms. The maximum Gasteiger partial charge on any atom is 0.260 e. The number of hydrogen-bond acceptors (Lipinski definition) is 4. The molecule has 1 aliphatic rings. The topological polar surface area (TPSA) is 55.2 Å². The highest BCUT2D eigenvalue weighted by atomic mass is 32.2. The van der Waals surface area contributed by atoms with Crippen molar-refractivity contribution in [2.45, 2.75) is 11.1 Å². The van der Waals surface area contributed by atoms with Crippen molar-refractivity contribution >= 4 is 21.8 Å². The molecule has 0 amide bonds. The fourth-order valence-electron chi connectivity index (χ4n) is 2.55. The predicted octanol–water partition coefficient (Wildman–Crippen LogP) is 1.90. The monoisotopic (exact) mass is 323 g/mol. The molecular formula is C14H17N3O2S2. The molecule has 1 aromatic carbocycles. The van der Waals surface area contributed by atoms with E-state index < -0.39 is 10.0 Å². The standard InChI is InChI=1S/C14H17N3O2S2/c1-16-14(7-8-15-16)21(18,19)17-9-10-20-11-13(17)12-5-3-2-4-6-12/h2-8,13H,9-11H2,1H3. The van der Waals surface area contributed by atoms with Crippen LogP contribution in [0.4, 0.5) is 0 Å². The summed E-state index contributed by atoms with van der Waals surface area (Å²) in [6, 6.07) is 11.3. The Kier molecular flexibility index (Phi) is 4.05. The highest BCUT2D eigenvalue weighted by molar-refractivity contribution is 7.99. The zero-order valence-corrected chi connectivity index (χ0v) is 13.3. The van der Waals surface area contributed by atoms with Crippen molar-refractivity contribution in [1.82, 2.24) is 14.1 Å². The van der Waals surface area contributed by atoms with Crippen LogP contribution in [0, 0.1) is 0 Å². The van der Waals surface area contributed by atoms with Gasteiger partial charge in [0.15, 0.2) is 5.03 Å². The average Bonchev–Trinajstić information content (AvgIpc) is 2.95. The SMILES string of the molecule is Cn1nccc1S(=O)(=O)N1CCSCC1c1ccccc1. The molecule has 1 atom stereocenters. The van der Waals surface area contributed by atoms with E-state index in [0.29, 0.717) is 6.54 Å². The number of aromatic nitrogens is 2. The summed E-state index contributed by atoms with van der Waals surface area (Å²) in [6.45, 7) is 0.526. The number of rotatable bonds is 3. The zero-order chi connectivity index (χ0) is 14.9. The second-order valence-electron chi connectivity index (χ2n) is 4.91. The molecule has 3 rings (SSSR count). The highest BCUT2D eigenvalue weighted by Gasteiger charge is 2.36. The quantitative estimate of drug-likeness (QED) is 0.866. The molecule has 1 fully saturated rings. The Balaban J connectivity index is 2.01. The molecule has 112 valence electrons. The third kappa shape index (κ3) is 2.73.